The smallest absolute Gasteiger partial charge is 0.121 e. The molecule has 4 nitrogen and oxygen atoms in total. The Morgan fingerprint density at radius 3 is 2.79 bits per heavy atom. The van der Waals surface area contributed by atoms with E-state index in [0.29, 0.717) is 6.04 Å². The summed E-state index contributed by atoms with van der Waals surface area (Å²) in [6, 6.07) is 7.20. The minimum absolute atomic E-state index is 0.155. The van der Waals surface area contributed by atoms with Crippen molar-refractivity contribution in [2.24, 2.45) is 11.3 Å². The Hall–Kier alpha value is -1.31. The number of aryl methyl sites for hydroxylation is 1. The molecule has 3 heterocycles. The molecule has 0 aromatic carbocycles. The molecule has 0 unspecified atom stereocenters. The molecule has 0 amide bonds. The maximum absolute atomic E-state index is 9.61. The molecular formula is C20H30N2O2. The van der Waals surface area contributed by atoms with Gasteiger partial charge in [-0.15, -0.1) is 0 Å². The molecule has 2 fully saturated rings. The van der Waals surface area contributed by atoms with Crippen LogP contribution in [0.5, 0.6) is 0 Å². The first-order valence-electron chi connectivity index (χ1n) is 9.41. The van der Waals surface area contributed by atoms with Crippen LogP contribution in [0.4, 0.5) is 0 Å². The second-order valence-electron chi connectivity index (χ2n) is 7.74. The van der Waals surface area contributed by atoms with E-state index in [9.17, 15) is 5.26 Å². The van der Waals surface area contributed by atoms with Crippen molar-refractivity contribution in [2.75, 3.05) is 26.3 Å². The zero-order valence-electron chi connectivity index (χ0n) is 15.1. The predicted octanol–water partition coefficient (Wildman–Crippen LogP) is 4.46. The van der Waals surface area contributed by atoms with E-state index in [1.54, 1.807) is 0 Å². The molecular weight excluding hydrogens is 300 g/mol. The van der Waals surface area contributed by atoms with Crippen LogP contribution in [0.3, 0.4) is 0 Å². The number of nitrogens with zero attached hydrogens (tertiary/aromatic N) is 2. The average Bonchev–Trinajstić information content (AvgIpc) is 3.03. The van der Waals surface area contributed by atoms with Crippen molar-refractivity contribution in [1.82, 2.24) is 4.90 Å². The summed E-state index contributed by atoms with van der Waals surface area (Å²) in [6.07, 6.45) is 6.28. The van der Waals surface area contributed by atoms with Gasteiger partial charge in [0.25, 0.3) is 0 Å². The first-order valence-corrected chi connectivity index (χ1v) is 9.41. The van der Waals surface area contributed by atoms with Crippen molar-refractivity contribution in [3.05, 3.63) is 23.7 Å². The molecule has 1 aromatic heterocycles. The van der Waals surface area contributed by atoms with E-state index in [-0.39, 0.29) is 5.41 Å². The molecule has 132 valence electrons. The second-order valence-corrected chi connectivity index (χ2v) is 7.74. The monoisotopic (exact) mass is 330 g/mol. The van der Waals surface area contributed by atoms with E-state index in [1.165, 1.54) is 12.8 Å². The van der Waals surface area contributed by atoms with E-state index >= 15 is 0 Å². The van der Waals surface area contributed by atoms with Crippen LogP contribution in [0, 0.1) is 29.6 Å². The minimum Gasteiger partial charge on any atom is -0.465 e. The highest BCUT2D eigenvalue weighted by Crippen LogP contribution is 2.37. The number of rotatable bonds is 5. The van der Waals surface area contributed by atoms with Gasteiger partial charge < -0.3 is 9.15 Å². The van der Waals surface area contributed by atoms with Gasteiger partial charge in [-0.1, -0.05) is 6.92 Å². The third-order valence-corrected chi connectivity index (χ3v) is 5.85. The maximum Gasteiger partial charge on any atom is 0.121 e. The van der Waals surface area contributed by atoms with Crippen LogP contribution < -0.4 is 0 Å². The summed E-state index contributed by atoms with van der Waals surface area (Å²) in [7, 11) is 0. The van der Waals surface area contributed by atoms with Crippen LogP contribution in [0.1, 0.15) is 63.0 Å². The summed E-state index contributed by atoms with van der Waals surface area (Å²) >= 11 is 0. The summed E-state index contributed by atoms with van der Waals surface area (Å²) < 4.78 is 11.4. The van der Waals surface area contributed by atoms with Gasteiger partial charge in [0.15, 0.2) is 0 Å². The molecule has 4 heteroatoms. The standard InChI is InChI=1S/C20H30N2O2/c1-16-6-11-22(18(14-16)19-5-4-17(2)24-19)10-3-7-20(15-21)8-12-23-13-9-20/h4-5,16,18H,3,6-14H2,1-2H3/t16-,18-/m1/s1. The number of nitriles is 1. The van der Waals surface area contributed by atoms with Crippen LogP contribution in [-0.2, 0) is 4.74 Å². The summed E-state index contributed by atoms with van der Waals surface area (Å²) in [5, 5.41) is 9.61. The summed E-state index contributed by atoms with van der Waals surface area (Å²) in [5.74, 6) is 2.85. The van der Waals surface area contributed by atoms with E-state index in [4.69, 9.17) is 9.15 Å². The molecule has 2 aliphatic heterocycles. The van der Waals surface area contributed by atoms with Crippen LogP contribution >= 0.6 is 0 Å². The van der Waals surface area contributed by atoms with Crippen LogP contribution in [0.2, 0.25) is 0 Å². The fourth-order valence-electron chi connectivity index (χ4n) is 4.19. The highest BCUT2D eigenvalue weighted by Gasteiger charge is 2.34. The maximum atomic E-state index is 9.61. The zero-order valence-corrected chi connectivity index (χ0v) is 15.1. The molecule has 0 saturated carbocycles. The molecule has 2 atom stereocenters. The Bertz CT molecular complexity index is 568. The van der Waals surface area contributed by atoms with E-state index < -0.39 is 0 Å². The van der Waals surface area contributed by atoms with Gasteiger partial charge >= 0.3 is 0 Å². The number of ether oxygens (including phenoxy) is 1. The summed E-state index contributed by atoms with van der Waals surface area (Å²) in [5.41, 5.74) is -0.155. The Kier molecular flexibility index (Phi) is 5.63. The third kappa shape index (κ3) is 4.02. The Balaban J connectivity index is 1.59. The molecule has 3 rings (SSSR count). The van der Waals surface area contributed by atoms with Crippen molar-refractivity contribution in [3.8, 4) is 6.07 Å². The van der Waals surface area contributed by atoms with Crippen molar-refractivity contribution >= 4 is 0 Å². The third-order valence-electron chi connectivity index (χ3n) is 5.85. The van der Waals surface area contributed by atoms with Gasteiger partial charge in [-0.3, -0.25) is 4.90 Å². The fraction of sp³-hybridized carbons (Fsp3) is 0.750. The van der Waals surface area contributed by atoms with E-state index in [2.05, 4.69) is 30.0 Å². The topological polar surface area (TPSA) is 49.4 Å². The lowest BCUT2D eigenvalue weighted by Crippen LogP contribution is -2.37. The van der Waals surface area contributed by atoms with Crippen molar-refractivity contribution < 1.29 is 9.15 Å². The van der Waals surface area contributed by atoms with E-state index in [0.717, 1.165) is 69.4 Å². The lowest BCUT2D eigenvalue weighted by molar-refractivity contribution is 0.0321. The summed E-state index contributed by atoms with van der Waals surface area (Å²) in [6.45, 7) is 8.02. The van der Waals surface area contributed by atoms with Crippen molar-refractivity contribution in [2.45, 2.75) is 58.4 Å². The van der Waals surface area contributed by atoms with Crippen molar-refractivity contribution in [1.29, 1.82) is 5.26 Å². The quantitative estimate of drug-likeness (QED) is 0.799. The highest BCUT2D eigenvalue weighted by molar-refractivity contribution is 5.11. The second kappa shape index (κ2) is 7.72. The molecule has 2 aliphatic rings. The molecule has 0 bridgehead atoms. The largest absolute Gasteiger partial charge is 0.465 e. The number of piperidine rings is 1. The van der Waals surface area contributed by atoms with Gasteiger partial charge in [0.1, 0.15) is 11.5 Å². The Morgan fingerprint density at radius 1 is 1.33 bits per heavy atom. The normalized spacial score (nSPS) is 27.7. The minimum atomic E-state index is -0.155. The number of hydrogen-bond acceptors (Lipinski definition) is 4. The lowest BCUT2D eigenvalue weighted by atomic mass is 9.77. The molecule has 0 spiro atoms. The number of hydrogen-bond donors (Lipinski definition) is 0. The fourth-order valence-corrected chi connectivity index (χ4v) is 4.19. The van der Waals surface area contributed by atoms with Gasteiger partial charge in [0, 0.05) is 13.2 Å². The molecule has 0 aliphatic carbocycles. The Morgan fingerprint density at radius 2 is 2.12 bits per heavy atom. The zero-order chi connectivity index (χ0) is 17.0. The van der Waals surface area contributed by atoms with Gasteiger partial charge in [0.2, 0.25) is 0 Å². The van der Waals surface area contributed by atoms with Crippen molar-refractivity contribution in [3.63, 3.8) is 0 Å². The Labute approximate surface area is 145 Å². The molecule has 0 radical (unpaired) electrons. The number of likely N-dealkylation sites (tertiary alicyclic amines) is 1. The predicted molar refractivity (Wildman–Crippen MR) is 93.5 cm³/mol. The molecule has 0 N–H and O–H groups in total. The SMILES string of the molecule is Cc1ccc([C@H]2C[C@H](C)CCN2CCCC2(C#N)CCOCC2)o1. The molecule has 1 aromatic rings. The first kappa shape index (κ1) is 17.5. The first-order chi connectivity index (χ1) is 11.6. The van der Waals surface area contributed by atoms with Gasteiger partial charge in [-0.25, -0.2) is 0 Å². The van der Waals surface area contributed by atoms with Crippen LogP contribution in [0.25, 0.3) is 0 Å². The van der Waals surface area contributed by atoms with Gasteiger partial charge in [-0.2, -0.15) is 5.26 Å². The average molecular weight is 330 g/mol. The lowest BCUT2D eigenvalue weighted by Gasteiger charge is -2.38. The van der Waals surface area contributed by atoms with Crippen LogP contribution in [0.15, 0.2) is 16.5 Å². The molecule has 2 saturated heterocycles. The van der Waals surface area contributed by atoms with Crippen LogP contribution in [-0.4, -0.2) is 31.2 Å². The van der Waals surface area contributed by atoms with Gasteiger partial charge in [0.05, 0.1) is 17.5 Å². The summed E-state index contributed by atoms with van der Waals surface area (Å²) in [4.78, 5) is 2.57. The number of furan rings is 1. The highest BCUT2D eigenvalue weighted by atomic mass is 16.5. The van der Waals surface area contributed by atoms with E-state index in [1.807, 2.05) is 6.92 Å². The molecule has 24 heavy (non-hydrogen) atoms. The van der Waals surface area contributed by atoms with Gasteiger partial charge in [-0.05, 0) is 76.6 Å².